The molecule has 6 heteroatoms. The van der Waals surface area contributed by atoms with Gasteiger partial charge < -0.3 is 4.74 Å². The third-order valence-corrected chi connectivity index (χ3v) is 5.05. The molecule has 0 spiro atoms. The van der Waals surface area contributed by atoms with Crippen molar-refractivity contribution < 1.29 is 13.2 Å². The van der Waals surface area contributed by atoms with E-state index in [9.17, 15) is 8.42 Å². The summed E-state index contributed by atoms with van der Waals surface area (Å²) in [6.07, 6.45) is 0.963. The second-order valence-corrected chi connectivity index (χ2v) is 6.91. The molecule has 1 heterocycles. The predicted octanol–water partition coefficient (Wildman–Crippen LogP) is 2.85. The van der Waals surface area contributed by atoms with Crippen LogP contribution < -0.4 is 9.88 Å². The maximum atomic E-state index is 11.2. The van der Waals surface area contributed by atoms with Crippen molar-refractivity contribution in [2.75, 3.05) is 6.61 Å². The number of hydrogen-bond acceptors (Lipinski definition) is 4. The van der Waals surface area contributed by atoms with Gasteiger partial charge in [-0.1, -0.05) is 6.92 Å². The summed E-state index contributed by atoms with van der Waals surface area (Å²) in [6, 6.07) is 10.8. The number of hydrogen-bond donors (Lipinski definition) is 1. The van der Waals surface area contributed by atoms with Gasteiger partial charge in [0.15, 0.2) is 0 Å². The molecule has 2 aromatic rings. The molecule has 0 saturated carbocycles. The minimum Gasteiger partial charge on any atom is -0.494 e. The fraction of sp³-hybridized carbons (Fsp3) is 0.231. The number of thiophene rings is 1. The molecule has 0 saturated heterocycles. The maximum Gasteiger partial charge on any atom is 0.247 e. The Labute approximate surface area is 116 Å². The van der Waals surface area contributed by atoms with E-state index in [4.69, 9.17) is 9.88 Å². The van der Waals surface area contributed by atoms with Crippen LogP contribution in [0.1, 0.15) is 13.3 Å². The van der Waals surface area contributed by atoms with Gasteiger partial charge in [0, 0.05) is 4.88 Å². The molecule has 0 aliphatic heterocycles. The van der Waals surface area contributed by atoms with Crippen LogP contribution in [0.5, 0.6) is 5.75 Å². The second-order valence-electron chi connectivity index (χ2n) is 4.04. The Kier molecular flexibility index (Phi) is 4.24. The first-order valence-electron chi connectivity index (χ1n) is 5.86. The van der Waals surface area contributed by atoms with E-state index in [1.54, 1.807) is 6.07 Å². The Morgan fingerprint density at radius 3 is 2.37 bits per heavy atom. The van der Waals surface area contributed by atoms with Crippen LogP contribution in [0.2, 0.25) is 0 Å². The van der Waals surface area contributed by atoms with Crippen molar-refractivity contribution in [2.24, 2.45) is 5.14 Å². The summed E-state index contributed by atoms with van der Waals surface area (Å²) in [7, 11) is -3.62. The monoisotopic (exact) mass is 297 g/mol. The van der Waals surface area contributed by atoms with Gasteiger partial charge >= 0.3 is 0 Å². The SMILES string of the molecule is CCCOc1ccc(-c2ccc(S(N)(=O)=O)s2)cc1. The van der Waals surface area contributed by atoms with Crippen LogP contribution in [-0.4, -0.2) is 15.0 Å². The van der Waals surface area contributed by atoms with E-state index in [0.29, 0.717) is 6.61 Å². The number of rotatable bonds is 5. The molecule has 102 valence electrons. The van der Waals surface area contributed by atoms with Gasteiger partial charge in [-0.3, -0.25) is 0 Å². The van der Waals surface area contributed by atoms with Gasteiger partial charge in [-0.2, -0.15) is 0 Å². The quantitative estimate of drug-likeness (QED) is 0.922. The van der Waals surface area contributed by atoms with Crippen molar-refractivity contribution in [3.63, 3.8) is 0 Å². The van der Waals surface area contributed by atoms with E-state index in [1.165, 1.54) is 6.07 Å². The van der Waals surface area contributed by atoms with Gasteiger partial charge in [0.1, 0.15) is 9.96 Å². The molecule has 0 amide bonds. The van der Waals surface area contributed by atoms with E-state index >= 15 is 0 Å². The van der Waals surface area contributed by atoms with Crippen LogP contribution in [0.3, 0.4) is 0 Å². The van der Waals surface area contributed by atoms with Crippen LogP contribution in [0.15, 0.2) is 40.6 Å². The molecular weight excluding hydrogens is 282 g/mol. The summed E-state index contributed by atoms with van der Waals surface area (Å²) in [5.74, 6) is 0.814. The number of benzene rings is 1. The van der Waals surface area contributed by atoms with E-state index < -0.39 is 10.0 Å². The van der Waals surface area contributed by atoms with Gasteiger partial charge in [-0.25, -0.2) is 13.6 Å². The van der Waals surface area contributed by atoms with Crippen molar-refractivity contribution in [1.29, 1.82) is 0 Å². The Morgan fingerprint density at radius 1 is 1.16 bits per heavy atom. The number of primary sulfonamides is 1. The van der Waals surface area contributed by atoms with Crippen molar-refractivity contribution in [3.8, 4) is 16.2 Å². The Morgan fingerprint density at radius 2 is 1.84 bits per heavy atom. The molecule has 2 N–H and O–H groups in total. The minimum absolute atomic E-state index is 0.175. The maximum absolute atomic E-state index is 11.2. The first-order valence-corrected chi connectivity index (χ1v) is 8.23. The summed E-state index contributed by atoms with van der Waals surface area (Å²) in [5, 5.41) is 5.09. The van der Waals surface area contributed by atoms with Crippen LogP contribution in [0.25, 0.3) is 10.4 Å². The topological polar surface area (TPSA) is 69.4 Å². The summed E-state index contributed by atoms with van der Waals surface area (Å²) < 4.78 is 28.1. The third kappa shape index (κ3) is 3.56. The zero-order valence-electron chi connectivity index (χ0n) is 10.5. The van der Waals surface area contributed by atoms with Gasteiger partial charge in [-0.05, 0) is 48.4 Å². The molecule has 0 aliphatic carbocycles. The molecule has 4 nitrogen and oxygen atoms in total. The molecule has 19 heavy (non-hydrogen) atoms. The average molecular weight is 297 g/mol. The Hall–Kier alpha value is -1.37. The van der Waals surface area contributed by atoms with Crippen molar-refractivity contribution in [1.82, 2.24) is 0 Å². The summed E-state index contributed by atoms with van der Waals surface area (Å²) in [4.78, 5) is 0.867. The van der Waals surface area contributed by atoms with E-state index in [0.717, 1.165) is 33.9 Å². The molecule has 0 radical (unpaired) electrons. The van der Waals surface area contributed by atoms with Crippen LogP contribution in [0.4, 0.5) is 0 Å². The molecule has 0 fully saturated rings. The fourth-order valence-electron chi connectivity index (χ4n) is 1.56. The van der Waals surface area contributed by atoms with Crippen LogP contribution in [0, 0.1) is 0 Å². The highest BCUT2D eigenvalue weighted by Crippen LogP contribution is 2.31. The largest absolute Gasteiger partial charge is 0.494 e. The zero-order chi connectivity index (χ0) is 13.9. The van der Waals surface area contributed by atoms with E-state index in [2.05, 4.69) is 6.92 Å². The molecule has 2 rings (SSSR count). The Balaban J connectivity index is 2.20. The first-order chi connectivity index (χ1) is 9.00. The van der Waals surface area contributed by atoms with Crippen LogP contribution in [-0.2, 0) is 10.0 Å². The molecule has 1 aromatic carbocycles. The molecule has 0 aliphatic rings. The lowest BCUT2D eigenvalue weighted by Crippen LogP contribution is -2.09. The number of sulfonamides is 1. The predicted molar refractivity (Wildman–Crippen MR) is 76.9 cm³/mol. The van der Waals surface area contributed by atoms with E-state index in [-0.39, 0.29) is 4.21 Å². The van der Waals surface area contributed by atoms with Gasteiger partial charge in [-0.15, -0.1) is 11.3 Å². The lowest BCUT2D eigenvalue weighted by Gasteiger charge is -2.04. The third-order valence-electron chi connectivity index (χ3n) is 2.47. The summed E-state index contributed by atoms with van der Waals surface area (Å²) in [6.45, 7) is 2.74. The molecular formula is C13H15NO3S2. The smallest absolute Gasteiger partial charge is 0.247 e. The highest BCUT2D eigenvalue weighted by atomic mass is 32.2. The van der Waals surface area contributed by atoms with E-state index in [1.807, 2.05) is 24.3 Å². The molecule has 0 atom stereocenters. The number of nitrogens with two attached hydrogens (primary N) is 1. The minimum atomic E-state index is -3.62. The van der Waals surface area contributed by atoms with Gasteiger partial charge in [0.2, 0.25) is 10.0 Å². The Bertz CT molecular complexity index is 645. The van der Waals surface area contributed by atoms with Gasteiger partial charge in [0.25, 0.3) is 0 Å². The summed E-state index contributed by atoms with van der Waals surface area (Å²) in [5.41, 5.74) is 0.948. The van der Waals surface area contributed by atoms with Crippen LogP contribution >= 0.6 is 11.3 Å². The highest BCUT2D eigenvalue weighted by Gasteiger charge is 2.12. The highest BCUT2D eigenvalue weighted by molar-refractivity contribution is 7.91. The lowest BCUT2D eigenvalue weighted by atomic mass is 10.2. The normalized spacial score (nSPS) is 11.5. The standard InChI is InChI=1S/C13H15NO3S2/c1-2-9-17-11-5-3-10(4-6-11)12-7-8-13(18-12)19(14,15)16/h3-8H,2,9H2,1H3,(H2,14,15,16). The molecule has 0 unspecified atom stereocenters. The molecule has 1 aromatic heterocycles. The summed E-state index contributed by atoms with van der Waals surface area (Å²) >= 11 is 1.16. The second kappa shape index (κ2) is 5.73. The van der Waals surface area contributed by atoms with Crippen molar-refractivity contribution in [2.45, 2.75) is 17.6 Å². The fourth-order valence-corrected chi connectivity index (χ4v) is 3.30. The number of ether oxygens (including phenoxy) is 1. The van der Waals surface area contributed by atoms with Crippen molar-refractivity contribution in [3.05, 3.63) is 36.4 Å². The molecule has 0 bridgehead atoms. The zero-order valence-corrected chi connectivity index (χ0v) is 12.1. The first kappa shape index (κ1) is 14.0. The average Bonchev–Trinajstić information content (AvgIpc) is 2.86. The van der Waals surface area contributed by atoms with Crippen molar-refractivity contribution >= 4 is 21.4 Å². The lowest BCUT2D eigenvalue weighted by molar-refractivity contribution is 0.317. The van der Waals surface area contributed by atoms with Gasteiger partial charge in [0.05, 0.1) is 6.61 Å².